The Hall–Kier alpha value is -8.02. The van der Waals surface area contributed by atoms with Gasteiger partial charge in [0, 0.05) is 78.5 Å². The van der Waals surface area contributed by atoms with Crippen LogP contribution in [0.15, 0.2) is 195 Å². The molecule has 1 saturated carbocycles. The van der Waals surface area contributed by atoms with Crippen LogP contribution in [0.2, 0.25) is 0 Å². The van der Waals surface area contributed by atoms with E-state index in [9.17, 15) is 0 Å². The number of rotatable bonds is 6. The number of nitrogens with zero attached hydrogens (tertiary/aromatic N) is 2. The van der Waals surface area contributed by atoms with E-state index in [0.29, 0.717) is 0 Å². The number of para-hydroxylation sites is 3. The van der Waals surface area contributed by atoms with Gasteiger partial charge in [-0.25, -0.2) is 0 Å². The van der Waals surface area contributed by atoms with E-state index in [1.165, 1.54) is 33.4 Å². The molecule has 0 N–H and O–H groups in total. The van der Waals surface area contributed by atoms with Crippen molar-refractivity contribution in [3.05, 3.63) is 204 Å². The molecule has 0 amide bonds. The molecule has 72 heavy (non-hydrogen) atoms. The van der Waals surface area contributed by atoms with Gasteiger partial charge in [-0.15, -0.1) is 0 Å². The summed E-state index contributed by atoms with van der Waals surface area (Å²) in [5, 5.41) is 6.69. The molecule has 0 atom stereocenters. The zero-order chi connectivity index (χ0) is 48.7. The van der Waals surface area contributed by atoms with Gasteiger partial charge in [0.15, 0.2) is 0 Å². The summed E-state index contributed by atoms with van der Waals surface area (Å²) < 4.78 is 20.4. The van der Waals surface area contributed by atoms with Crippen molar-refractivity contribution >= 4 is 99.9 Å². The van der Waals surface area contributed by atoms with Crippen molar-refractivity contribution in [3.8, 4) is 11.1 Å². The van der Waals surface area contributed by atoms with E-state index >= 15 is 0 Å². The zero-order valence-electron chi connectivity index (χ0n) is 41.8. The van der Waals surface area contributed by atoms with E-state index in [1.807, 2.05) is 12.1 Å². The SMILES string of the molecule is CC(C)(C)c1ccc(N(c2ccc3c(c2)C2(CCCC2)c2cc(N(c4ccc(C(C)(C)C)cc4)c4ccc5c(c4)oc4ccccc45)c4c(oc5ccccc54)c2-3)c2ccc3c(c2)oc2ccccc23)cc1. The first kappa shape index (κ1) is 42.8. The van der Waals surface area contributed by atoms with Gasteiger partial charge in [0.05, 0.1) is 11.1 Å². The van der Waals surface area contributed by atoms with Crippen molar-refractivity contribution in [1.82, 2.24) is 0 Å². The molecule has 3 heterocycles. The molecule has 1 fully saturated rings. The lowest BCUT2D eigenvalue weighted by atomic mass is 9.76. The Morgan fingerprint density at radius 2 is 0.833 bits per heavy atom. The Morgan fingerprint density at radius 3 is 1.39 bits per heavy atom. The molecular formula is C67H56N2O3. The number of anilines is 6. The molecule has 2 aliphatic rings. The predicted octanol–water partition coefficient (Wildman–Crippen LogP) is 19.8. The summed E-state index contributed by atoms with van der Waals surface area (Å²) in [7, 11) is 0. The second kappa shape index (κ2) is 15.5. The molecular weight excluding hydrogens is 881 g/mol. The largest absolute Gasteiger partial charge is 0.456 e. The number of hydrogen-bond donors (Lipinski definition) is 0. The predicted molar refractivity (Wildman–Crippen MR) is 300 cm³/mol. The number of benzene rings is 9. The smallest absolute Gasteiger partial charge is 0.145 e. The highest BCUT2D eigenvalue weighted by Crippen LogP contribution is 2.62. The summed E-state index contributed by atoms with van der Waals surface area (Å²) in [4.78, 5) is 4.88. The second-order valence-corrected chi connectivity index (χ2v) is 22.5. The molecule has 5 nitrogen and oxygen atoms in total. The summed E-state index contributed by atoms with van der Waals surface area (Å²) >= 11 is 0. The van der Waals surface area contributed by atoms with Crippen LogP contribution in [0.3, 0.4) is 0 Å². The van der Waals surface area contributed by atoms with E-state index in [4.69, 9.17) is 13.3 Å². The average molecular weight is 937 g/mol. The monoisotopic (exact) mass is 936 g/mol. The molecule has 0 radical (unpaired) electrons. The summed E-state index contributed by atoms with van der Waals surface area (Å²) in [6.07, 6.45) is 4.41. The van der Waals surface area contributed by atoms with Crippen LogP contribution in [-0.4, -0.2) is 0 Å². The van der Waals surface area contributed by atoms with Crippen LogP contribution in [0.5, 0.6) is 0 Å². The summed E-state index contributed by atoms with van der Waals surface area (Å²) in [5.41, 5.74) is 19.4. The molecule has 1 spiro atoms. The third-order valence-electron chi connectivity index (χ3n) is 16.1. The summed E-state index contributed by atoms with van der Waals surface area (Å²) in [5.74, 6) is 0. The van der Waals surface area contributed by atoms with Crippen LogP contribution in [0.1, 0.15) is 89.5 Å². The number of hydrogen-bond acceptors (Lipinski definition) is 5. The van der Waals surface area contributed by atoms with Crippen LogP contribution < -0.4 is 9.80 Å². The molecule has 14 rings (SSSR count). The van der Waals surface area contributed by atoms with Crippen molar-refractivity contribution in [3.63, 3.8) is 0 Å². The average Bonchev–Trinajstić information content (AvgIpc) is 4.22. The maximum absolute atomic E-state index is 7.25. The molecule has 2 aliphatic carbocycles. The van der Waals surface area contributed by atoms with Crippen LogP contribution in [0, 0.1) is 0 Å². The first-order chi connectivity index (χ1) is 34.9. The van der Waals surface area contributed by atoms with Gasteiger partial charge >= 0.3 is 0 Å². The quantitative estimate of drug-likeness (QED) is 0.166. The molecule has 9 aromatic carbocycles. The minimum atomic E-state index is -0.225. The van der Waals surface area contributed by atoms with Gasteiger partial charge in [0.1, 0.15) is 33.5 Å². The molecule has 0 bridgehead atoms. The van der Waals surface area contributed by atoms with Crippen molar-refractivity contribution < 1.29 is 13.3 Å². The van der Waals surface area contributed by atoms with Gasteiger partial charge < -0.3 is 23.1 Å². The molecule has 3 aromatic heterocycles. The molecule has 5 heteroatoms. The first-order valence-electron chi connectivity index (χ1n) is 25.7. The third-order valence-corrected chi connectivity index (χ3v) is 16.1. The topological polar surface area (TPSA) is 45.9 Å². The number of furan rings is 3. The van der Waals surface area contributed by atoms with Crippen LogP contribution in [0.25, 0.3) is 76.9 Å². The van der Waals surface area contributed by atoms with E-state index < -0.39 is 0 Å². The Morgan fingerprint density at radius 1 is 0.389 bits per heavy atom. The van der Waals surface area contributed by atoms with Crippen LogP contribution >= 0.6 is 0 Å². The van der Waals surface area contributed by atoms with Crippen molar-refractivity contribution in [2.24, 2.45) is 0 Å². The van der Waals surface area contributed by atoms with Crippen molar-refractivity contribution in [2.75, 3.05) is 9.80 Å². The fourth-order valence-electron chi connectivity index (χ4n) is 12.5. The van der Waals surface area contributed by atoms with E-state index in [0.717, 1.165) is 126 Å². The lowest BCUT2D eigenvalue weighted by Gasteiger charge is -2.32. The van der Waals surface area contributed by atoms with Gasteiger partial charge in [-0.05, 0) is 136 Å². The van der Waals surface area contributed by atoms with Crippen LogP contribution in [0.4, 0.5) is 34.1 Å². The highest BCUT2D eigenvalue weighted by Gasteiger charge is 2.48. The van der Waals surface area contributed by atoms with E-state index in [2.05, 4.69) is 221 Å². The molecule has 0 unspecified atom stereocenters. The Labute approximate surface area is 419 Å². The Kier molecular flexibility index (Phi) is 9.21. The Bertz CT molecular complexity index is 4130. The normalized spacial score (nSPS) is 14.4. The summed E-state index contributed by atoms with van der Waals surface area (Å²) in [6, 6.07) is 66.8. The number of fused-ring (bicyclic) bond motifs is 15. The van der Waals surface area contributed by atoms with Crippen molar-refractivity contribution in [1.29, 1.82) is 0 Å². The third kappa shape index (κ3) is 6.45. The van der Waals surface area contributed by atoms with Crippen molar-refractivity contribution in [2.45, 2.75) is 83.5 Å². The van der Waals surface area contributed by atoms with Gasteiger partial charge in [-0.1, -0.05) is 139 Å². The van der Waals surface area contributed by atoms with E-state index in [-0.39, 0.29) is 16.2 Å². The van der Waals surface area contributed by atoms with Gasteiger partial charge in [0.2, 0.25) is 0 Å². The van der Waals surface area contributed by atoms with Crippen LogP contribution in [-0.2, 0) is 16.2 Å². The molecule has 12 aromatic rings. The van der Waals surface area contributed by atoms with Gasteiger partial charge in [-0.2, -0.15) is 0 Å². The molecule has 352 valence electrons. The fraction of sp³-hybridized carbons (Fsp3) is 0.194. The maximum atomic E-state index is 7.25. The van der Waals surface area contributed by atoms with Gasteiger partial charge in [0.25, 0.3) is 0 Å². The van der Waals surface area contributed by atoms with Gasteiger partial charge in [-0.3, -0.25) is 0 Å². The Balaban J connectivity index is 1.00. The molecule has 0 saturated heterocycles. The molecule has 0 aliphatic heterocycles. The maximum Gasteiger partial charge on any atom is 0.145 e. The van der Waals surface area contributed by atoms with E-state index in [1.54, 1.807) is 0 Å². The summed E-state index contributed by atoms with van der Waals surface area (Å²) in [6.45, 7) is 13.7. The standard InChI is InChI=1S/C67H56N2O3/c1-65(2,3)41-21-25-43(26-22-41)68(46-29-32-50-48-15-7-10-18-57(48)70-60(50)38-46)45-31-34-52-54(37-45)67(35-13-14-36-67)55-40-56(63-53-17-9-12-20-59(53)72-64(63)62(52)55)69(44-27-23-42(24-28-44)66(4,5)6)47-30-33-51-49-16-8-11-19-58(49)71-61(51)39-47/h7-12,15-34,37-40H,13-14,35-36H2,1-6H3. The first-order valence-corrected chi connectivity index (χ1v) is 25.7. The highest BCUT2D eigenvalue weighted by atomic mass is 16.3. The zero-order valence-corrected chi connectivity index (χ0v) is 41.8. The minimum absolute atomic E-state index is 0.00323. The minimum Gasteiger partial charge on any atom is -0.456 e. The second-order valence-electron chi connectivity index (χ2n) is 22.5. The highest BCUT2D eigenvalue weighted by molar-refractivity contribution is 6.19. The lowest BCUT2D eigenvalue weighted by Crippen LogP contribution is -2.22. The lowest BCUT2D eigenvalue weighted by molar-refractivity contribution is 0.549. The fourth-order valence-corrected chi connectivity index (χ4v) is 12.5.